The Hall–Kier alpha value is -2.38. The molecule has 0 aliphatic heterocycles. The number of aryl methyl sites for hydroxylation is 1. The molecular formula is C14H16N4O2S. The Morgan fingerprint density at radius 3 is 2.48 bits per heavy atom. The van der Waals surface area contributed by atoms with Gasteiger partial charge in [0.15, 0.2) is 0 Å². The maximum atomic E-state index is 10.8. The number of aromatic nitrogens is 2. The van der Waals surface area contributed by atoms with Gasteiger partial charge in [0.1, 0.15) is 0 Å². The number of sulfonamides is 1. The molecule has 110 valence electrons. The van der Waals surface area contributed by atoms with Gasteiger partial charge in [-0.1, -0.05) is 18.2 Å². The molecule has 6 nitrogen and oxygen atoms in total. The molecule has 0 amide bonds. The molecule has 0 unspecified atom stereocenters. The summed E-state index contributed by atoms with van der Waals surface area (Å²) in [6.45, 7) is 1.71. The van der Waals surface area contributed by atoms with Crippen LogP contribution in [0.4, 0.5) is 5.69 Å². The highest BCUT2D eigenvalue weighted by atomic mass is 32.2. The van der Waals surface area contributed by atoms with Crippen LogP contribution in [0.2, 0.25) is 0 Å². The van der Waals surface area contributed by atoms with Crippen molar-refractivity contribution in [2.75, 3.05) is 5.73 Å². The number of H-pyrrole nitrogens is 1. The van der Waals surface area contributed by atoms with E-state index in [0.29, 0.717) is 5.56 Å². The molecule has 0 saturated carbocycles. The predicted octanol–water partition coefficient (Wildman–Crippen LogP) is 1.79. The molecule has 5 N–H and O–H groups in total. The normalized spacial score (nSPS) is 11.0. The van der Waals surface area contributed by atoms with Crippen molar-refractivity contribution in [2.45, 2.75) is 11.8 Å². The van der Waals surface area contributed by atoms with Gasteiger partial charge in [0.2, 0.25) is 10.0 Å². The molecular weight excluding hydrogens is 288 g/mol. The monoisotopic (exact) mass is 304 g/mol. The molecule has 21 heavy (non-hydrogen) atoms. The maximum absolute atomic E-state index is 10.8. The Bertz CT molecular complexity index is 856. The predicted molar refractivity (Wildman–Crippen MR) is 83.1 cm³/mol. The summed E-state index contributed by atoms with van der Waals surface area (Å²) in [5, 5.41) is 12.7. The topological polar surface area (TPSA) is 115 Å². The molecule has 2 aromatic carbocycles. The third kappa shape index (κ3) is 3.80. The Labute approximate surface area is 122 Å². The molecule has 0 bridgehead atoms. The lowest BCUT2D eigenvalue weighted by Gasteiger charge is -2.00. The molecule has 0 spiro atoms. The summed E-state index contributed by atoms with van der Waals surface area (Å²) in [5.41, 5.74) is 7.96. The van der Waals surface area contributed by atoms with Crippen LogP contribution in [0.3, 0.4) is 0 Å². The highest BCUT2D eigenvalue weighted by Gasteiger charge is 2.08. The number of hydrogen-bond donors (Lipinski definition) is 3. The van der Waals surface area contributed by atoms with Crippen LogP contribution in [0, 0.1) is 6.92 Å². The quantitative estimate of drug-likeness (QED) is 0.594. The van der Waals surface area contributed by atoms with Gasteiger partial charge < -0.3 is 5.73 Å². The Balaban J connectivity index is 0.000000154. The van der Waals surface area contributed by atoms with E-state index in [-0.39, 0.29) is 4.90 Å². The van der Waals surface area contributed by atoms with Gasteiger partial charge in [-0.3, -0.25) is 5.10 Å². The summed E-state index contributed by atoms with van der Waals surface area (Å²) in [4.78, 5) is 0.194. The summed E-state index contributed by atoms with van der Waals surface area (Å²) >= 11 is 0. The van der Waals surface area contributed by atoms with E-state index < -0.39 is 10.0 Å². The van der Waals surface area contributed by atoms with Crippen LogP contribution in [-0.4, -0.2) is 18.6 Å². The number of nitrogens with zero attached hydrogens (tertiary/aromatic N) is 1. The number of benzene rings is 2. The molecule has 3 aromatic rings. The van der Waals surface area contributed by atoms with Gasteiger partial charge in [0.05, 0.1) is 16.6 Å². The zero-order chi connectivity index (χ0) is 15.5. The zero-order valence-electron chi connectivity index (χ0n) is 11.4. The second-order valence-electron chi connectivity index (χ2n) is 4.53. The molecule has 7 heteroatoms. The first-order valence-corrected chi connectivity index (χ1v) is 7.69. The average molecular weight is 304 g/mol. The van der Waals surface area contributed by atoms with Crippen LogP contribution in [0.1, 0.15) is 5.56 Å². The second kappa shape index (κ2) is 5.94. The van der Waals surface area contributed by atoms with Gasteiger partial charge in [-0.15, -0.1) is 0 Å². The average Bonchev–Trinajstić information content (AvgIpc) is 2.86. The first-order valence-electron chi connectivity index (χ1n) is 6.15. The Morgan fingerprint density at radius 1 is 1.14 bits per heavy atom. The second-order valence-corrected chi connectivity index (χ2v) is 6.06. The summed E-state index contributed by atoms with van der Waals surface area (Å²) in [5.74, 6) is 0. The van der Waals surface area contributed by atoms with E-state index in [2.05, 4.69) is 10.2 Å². The first kappa shape index (κ1) is 15.0. The number of anilines is 1. The number of nitrogen functional groups attached to an aromatic ring is 1. The fraction of sp³-hybridized carbons (Fsp3) is 0.0714. The summed E-state index contributed by atoms with van der Waals surface area (Å²) in [6.07, 6.45) is 1.77. The van der Waals surface area contributed by atoms with Crippen molar-refractivity contribution < 1.29 is 8.42 Å². The van der Waals surface area contributed by atoms with E-state index in [9.17, 15) is 8.42 Å². The fourth-order valence-corrected chi connectivity index (χ4v) is 2.62. The molecule has 0 aliphatic carbocycles. The lowest BCUT2D eigenvalue weighted by molar-refractivity contribution is 0.597. The third-order valence-corrected chi connectivity index (χ3v) is 3.94. The minimum atomic E-state index is -3.53. The van der Waals surface area contributed by atoms with Crippen LogP contribution in [0.5, 0.6) is 0 Å². The molecule has 0 radical (unpaired) electrons. The van der Waals surface area contributed by atoms with Crippen LogP contribution in [0.15, 0.2) is 53.6 Å². The number of nitrogens with two attached hydrogens (primary N) is 2. The first-order chi connectivity index (χ1) is 9.88. The van der Waals surface area contributed by atoms with E-state index in [0.717, 1.165) is 16.6 Å². The highest BCUT2D eigenvalue weighted by Crippen LogP contribution is 2.13. The van der Waals surface area contributed by atoms with E-state index in [1.807, 2.05) is 18.2 Å². The van der Waals surface area contributed by atoms with Gasteiger partial charge in [0, 0.05) is 11.1 Å². The molecule has 0 aliphatic rings. The third-order valence-electron chi connectivity index (χ3n) is 2.87. The molecule has 0 fully saturated rings. The van der Waals surface area contributed by atoms with E-state index in [4.69, 9.17) is 10.9 Å². The standard InChI is InChI=1S/C7H7N3.C7H9NO2S/c8-6-2-1-5-4-9-10-7(5)3-6;1-6-4-2-3-5-7(6)11(8,9)10/h1-4H,8H2,(H,9,10);2-5H,1H3,(H2,8,9,10). The van der Waals surface area contributed by atoms with Crippen molar-refractivity contribution in [1.29, 1.82) is 0 Å². The summed E-state index contributed by atoms with van der Waals surface area (Å²) in [7, 11) is -3.53. The van der Waals surface area contributed by atoms with Crippen molar-refractivity contribution in [2.24, 2.45) is 5.14 Å². The van der Waals surface area contributed by atoms with Crippen molar-refractivity contribution in [1.82, 2.24) is 10.2 Å². The number of nitrogens with one attached hydrogen (secondary N) is 1. The number of primary sulfonamides is 1. The lowest BCUT2D eigenvalue weighted by Crippen LogP contribution is -2.13. The minimum absolute atomic E-state index is 0.194. The van der Waals surface area contributed by atoms with E-state index >= 15 is 0 Å². The fourth-order valence-electron chi connectivity index (χ4n) is 1.83. The molecule has 1 heterocycles. The van der Waals surface area contributed by atoms with Crippen LogP contribution < -0.4 is 10.9 Å². The van der Waals surface area contributed by atoms with Gasteiger partial charge >= 0.3 is 0 Å². The highest BCUT2D eigenvalue weighted by molar-refractivity contribution is 7.89. The number of aromatic amines is 1. The molecule has 1 aromatic heterocycles. The maximum Gasteiger partial charge on any atom is 0.238 e. The van der Waals surface area contributed by atoms with Crippen molar-refractivity contribution in [3.8, 4) is 0 Å². The van der Waals surface area contributed by atoms with Gasteiger partial charge in [-0.2, -0.15) is 5.10 Å². The van der Waals surface area contributed by atoms with E-state index in [1.54, 1.807) is 31.3 Å². The molecule has 3 rings (SSSR count). The SMILES string of the molecule is Cc1ccccc1S(N)(=O)=O.Nc1ccc2cn[nH]c2c1. The minimum Gasteiger partial charge on any atom is -0.399 e. The number of hydrogen-bond acceptors (Lipinski definition) is 4. The number of fused-ring (bicyclic) bond motifs is 1. The van der Waals surface area contributed by atoms with Crippen LogP contribution in [0.25, 0.3) is 10.9 Å². The van der Waals surface area contributed by atoms with Crippen molar-refractivity contribution in [3.05, 3.63) is 54.2 Å². The molecule has 0 atom stereocenters. The Morgan fingerprint density at radius 2 is 1.86 bits per heavy atom. The van der Waals surface area contributed by atoms with E-state index in [1.165, 1.54) is 6.07 Å². The largest absolute Gasteiger partial charge is 0.399 e. The van der Waals surface area contributed by atoms with Crippen molar-refractivity contribution in [3.63, 3.8) is 0 Å². The molecule has 0 saturated heterocycles. The zero-order valence-corrected chi connectivity index (χ0v) is 12.3. The Kier molecular flexibility index (Phi) is 4.25. The van der Waals surface area contributed by atoms with Gasteiger partial charge in [0.25, 0.3) is 0 Å². The summed E-state index contributed by atoms with van der Waals surface area (Å²) in [6, 6.07) is 12.3. The van der Waals surface area contributed by atoms with Gasteiger partial charge in [-0.25, -0.2) is 13.6 Å². The number of rotatable bonds is 1. The van der Waals surface area contributed by atoms with Gasteiger partial charge in [-0.05, 0) is 36.8 Å². The van der Waals surface area contributed by atoms with Crippen LogP contribution in [-0.2, 0) is 10.0 Å². The summed E-state index contributed by atoms with van der Waals surface area (Å²) < 4.78 is 21.7. The smallest absolute Gasteiger partial charge is 0.238 e. The van der Waals surface area contributed by atoms with Crippen molar-refractivity contribution >= 4 is 26.6 Å². The lowest BCUT2D eigenvalue weighted by atomic mass is 10.2. The van der Waals surface area contributed by atoms with Crippen LogP contribution >= 0.6 is 0 Å².